The largest absolute Gasteiger partial charge is 0.329 e. The minimum atomic E-state index is -0.292. The second kappa shape index (κ2) is 6.17. The van der Waals surface area contributed by atoms with Crippen LogP contribution in [0.1, 0.15) is 64.1 Å². The molecule has 3 nitrogen and oxygen atoms in total. The fraction of sp³-hybridized carbons (Fsp3) is 0.765. The van der Waals surface area contributed by atoms with Crippen LogP contribution in [0, 0.1) is 11.3 Å². The Morgan fingerprint density at radius 2 is 2.05 bits per heavy atom. The summed E-state index contributed by atoms with van der Waals surface area (Å²) in [4.78, 5) is 17.4. The summed E-state index contributed by atoms with van der Waals surface area (Å²) < 4.78 is 0. The molecule has 21 heavy (non-hydrogen) atoms. The van der Waals surface area contributed by atoms with Crippen molar-refractivity contribution in [2.45, 2.75) is 65.2 Å². The number of ketones is 1. The standard InChI is InChI=1S/C17H28N2OS/c1-12-5-7-17(11-18,8-6-12)14(20)9-15-19-13(10-21-15)16(2,3)4/h10,12H,5-9,11,18H2,1-4H3. The van der Waals surface area contributed by atoms with Gasteiger partial charge in [-0.25, -0.2) is 4.98 Å². The SMILES string of the molecule is CC1CCC(CN)(C(=O)Cc2nc(C(C)(C)C)cs2)CC1. The molecule has 1 aromatic heterocycles. The molecule has 1 heterocycles. The molecule has 1 aromatic rings. The Kier molecular flexibility index (Phi) is 4.89. The average Bonchev–Trinajstić information content (AvgIpc) is 2.88. The molecule has 2 rings (SSSR count). The van der Waals surface area contributed by atoms with Crippen molar-refractivity contribution in [1.82, 2.24) is 4.98 Å². The van der Waals surface area contributed by atoms with E-state index in [2.05, 4.69) is 38.1 Å². The van der Waals surface area contributed by atoms with Gasteiger partial charge in [0, 0.05) is 22.8 Å². The van der Waals surface area contributed by atoms with Gasteiger partial charge in [0.25, 0.3) is 0 Å². The predicted octanol–water partition coefficient (Wildman–Crippen LogP) is 3.71. The van der Waals surface area contributed by atoms with Crippen LogP contribution < -0.4 is 5.73 Å². The van der Waals surface area contributed by atoms with Gasteiger partial charge in [0.15, 0.2) is 0 Å². The summed E-state index contributed by atoms with van der Waals surface area (Å²) in [6.45, 7) is 9.20. The molecule has 0 aromatic carbocycles. The van der Waals surface area contributed by atoms with Gasteiger partial charge in [-0.05, 0) is 31.6 Å². The lowest BCUT2D eigenvalue weighted by Crippen LogP contribution is -2.42. The second-order valence-corrected chi connectivity index (χ2v) is 8.59. The molecule has 0 amide bonds. The minimum Gasteiger partial charge on any atom is -0.329 e. The first kappa shape index (κ1) is 16.6. The molecule has 0 unspecified atom stereocenters. The van der Waals surface area contributed by atoms with Gasteiger partial charge in [0.1, 0.15) is 10.8 Å². The smallest absolute Gasteiger partial charge is 0.147 e. The number of hydrogen-bond donors (Lipinski definition) is 1. The second-order valence-electron chi connectivity index (χ2n) is 7.64. The Balaban J connectivity index is 2.08. The van der Waals surface area contributed by atoms with Crippen LogP contribution in [0.3, 0.4) is 0 Å². The van der Waals surface area contributed by atoms with E-state index >= 15 is 0 Å². The summed E-state index contributed by atoms with van der Waals surface area (Å²) in [6.07, 6.45) is 4.58. The molecular weight excluding hydrogens is 280 g/mol. The van der Waals surface area contributed by atoms with E-state index in [1.165, 1.54) is 0 Å². The van der Waals surface area contributed by atoms with Crippen LogP contribution in [0.5, 0.6) is 0 Å². The molecule has 0 radical (unpaired) electrons. The highest BCUT2D eigenvalue weighted by Crippen LogP contribution is 2.39. The van der Waals surface area contributed by atoms with E-state index in [1.54, 1.807) is 11.3 Å². The Hall–Kier alpha value is -0.740. The number of rotatable bonds is 4. The van der Waals surface area contributed by atoms with Crippen molar-refractivity contribution in [3.05, 3.63) is 16.1 Å². The normalized spacial score (nSPS) is 26.8. The molecule has 118 valence electrons. The summed E-state index contributed by atoms with van der Waals surface area (Å²) >= 11 is 1.61. The highest BCUT2D eigenvalue weighted by Gasteiger charge is 2.39. The molecule has 1 saturated carbocycles. The lowest BCUT2D eigenvalue weighted by atomic mass is 9.68. The lowest BCUT2D eigenvalue weighted by molar-refractivity contribution is -0.129. The number of aromatic nitrogens is 1. The first-order valence-electron chi connectivity index (χ1n) is 7.95. The van der Waals surface area contributed by atoms with Crippen LogP contribution in [0.25, 0.3) is 0 Å². The zero-order valence-corrected chi connectivity index (χ0v) is 14.6. The van der Waals surface area contributed by atoms with Gasteiger partial charge in [0.2, 0.25) is 0 Å². The minimum absolute atomic E-state index is 0.0453. The zero-order valence-electron chi connectivity index (χ0n) is 13.7. The third-order valence-electron chi connectivity index (χ3n) is 4.85. The molecule has 0 saturated heterocycles. The summed E-state index contributed by atoms with van der Waals surface area (Å²) in [6, 6.07) is 0. The molecule has 0 spiro atoms. The maximum Gasteiger partial charge on any atom is 0.147 e. The molecule has 1 fully saturated rings. The maximum absolute atomic E-state index is 12.8. The highest BCUT2D eigenvalue weighted by atomic mass is 32.1. The first-order valence-corrected chi connectivity index (χ1v) is 8.83. The van der Waals surface area contributed by atoms with E-state index in [9.17, 15) is 4.79 Å². The highest BCUT2D eigenvalue weighted by molar-refractivity contribution is 7.09. The third-order valence-corrected chi connectivity index (χ3v) is 5.69. The monoisotopic (exact) mass is 308 g/mol. The van der Waals surface area contributed by atoms with E-state index in [0.717, 1.165) is 42.3 Å². The van der Waals surface area contributed by atoms with Crippen LogP contribution in [-0.2, 0) is 16.6 Å². The average molecular weight is 308 g/mol. The number of carbonyl (C=O) groups is 1. The fourth-order valence-corrected chi connectivity index (χ4v) is 3.99. The van der Waals surface area contributed by atoms with E-state index in [-0.39, 0.29) is 10.8 Å². The molecule has 0 aliphatic heterocycles. The van der Waals surface area contributed by atoms with Crippen molar-refractivity contribution in [3.63, 3.8) is 0 Å². The molecule has 1 aliphatic carbocycles. The molecule has 2 N–H and O–H groups in total. The van der Waals surface area contributed by atoms with Crippen molar-refractivity contribution < 1.29 is 4.79 Å². The van der Waals surface area contributed by atoms with Gasteiger partial charge < -0.3 is 5.73 Å². The summed E-state index contributed by atoms with van der Waals surface area (Å²) in [7, 11) is 0. The van der Waals surface area contributed by atoms with Crippen LogP contribution in [0.2, 0.25) is 0 Å². The Morgan fingerprint density at radius 1 is 1.43 bits per heavy atom. The maximum atomic E-state index is 12.8. The number of hydrogen-bond acceptors (Lipinski definition) is 4. The Labute approximate surface area is 132 Å². The third kappa shape index (κ3) is 3.72. The van der Waals surface area contributed by atoms with E-state index in [4.69, 9.17) is 5.73 Å². The quantitative estimate of drug-likeness (QED) is 0.922. The Morgan fingerprint density at radius 3 is 2.52 bits per heavy atom. The van der Waals surface area contributed by atoms with Crippen LogP contribution in [0.4, 0.5) is 0 Å². The number of nitrogens with two attached hydrogens (primary N) is 1. The van der Waals surface area contributed by atoms with Gasteiger partial charge in [-0.15, -0.1) is 11.3 Å². The molecular formula is C17H28N2OS. The lowest BCUT2D eigenvalue weighted by Gasteiger charge is -2.37. The molecule has 1 aliphatic rings. The van der Waals surface area contributed by atoms with Crippen LogP contribution >= 0.6 is 11.3 Å². The molecule has 0 atom stereocenters. The van der Waals surface area contributed by atoms with Crippen LogP contribution in [0.15, 0.2) is 5.38 Å². The van der Waals surface area contributed by atoms with E-state index in [0.29, 0.717) is 18.7 Å². The number of nitrogens with zero attached hydrogens (tertiary/aromatic N) is 1. The van der Waals surface area contributed by atoms with Gasteiger partial charge >= 0.3 is 0 Å². The van der Waals surface area contributed by atoms with Crippen molar-refractivity contribution >= 4 is 17.1 Å². The van der Waals surface area contributed by atoms with Gasteiger partial charge in [-0.1, -0.05) is 27.7 Å². The number of carbonyl (C=O) groups excluding carboxylic acids is 1. The van der Waals surface area contributed by atoms with Gasteiger partial charge in [-0.3, -0.25) is 4.79 Å². The fourth-order valence-electron chi connectivity index (χ4n) is 2.97. The van der Waals surface area contributed by atoms with Crippen molar-refractivity contribution in [2.24, 2.45) is 17.1 Å². The van der Waals surface area contributed by atoms with Crippen LogP contribution in [-0.4, -0.2) is 17.3 Å². The van der Waals surface area contributed by atoms with Gasteiger partial charge in [0.05, 0.1) is 12.1 Å². The van der Waals surface area contributed by atoms with Crippen molar-refractivity contribution in [3.8, 4) is 0 Å². The Bertz CT molecular complexity index is 493. The zero-order chi connectivity index (χ0) is 15.7. The summed E-state index contributed by atoms with van der Waals surface area (Å²) in [5, 5.41) is 3.03. The first-order chi connectivity index (χ1) is 9.77. The molecule has 4 heteroatoms. The topological polar surface area (TPSA) is 56.0 Å². The summed E-state index contributed by atoms with van der Waals surface area (Å²) in [5.41, 5.74) is 6.81. The van der Waals surface area contributed by atoms with E-state index < -0.39 is 0 Å². The number of thiazole rings is 1. The number of Topliss-reactive ketones (excluding diaryl/α,β-unsaturated/α-hetero) is 1. The van der Waals surface area contributed by atoms with Gasteiger partial charge in [-0.2, -0.15) is 0 Å². The summed E-state index contributed by atoms with van der Waals surface area (Å²) in [5.74, 6) is 1.02. The van der Waals surface area contributed by atoms with Crippen molar-refractivity contribution in [1.29, 1.82) is 0 Å². The van der Waals surface area contributed by atoms with Crippen molar-refractivity contribution in [2.75, 3.05) is 6.54 Å². The predicted molar refractivity (Wildman–Crippen MR) is 88.6 cm³/mol. The van der Waals surface area contributed by atoms with E-state index in [1.807, 2.05) is 0 Å². The molecule has 0 bridgehead atoms.